The molecule has 1 saturated carbocycles. The van der Waals surface area contributed by atoms with Gasteiger partial charge in [0.2, 0.25) is 5.78 Å². The number of hydrogen-bond donors (Lipinski definition) is 6. The Labute approximate surface area is 265 Å². The second kappa shape index (κ2) is 11.7. The normalized spacial score (nSPS) is 24.1. The lowest BCUT2D eigenvalue weighted by Crippen LogP contribution is -2.65. The molecule has 0 radical (unpaired) electrons. The highest BCUT2D eigenvalue weighted by atomic mass is 19.4. The summed E-state index contributed by atoms with van der Waals surface area (Å²) >= 11 is 0. The number of ketones is 2. The van der Waals surface area contributed by atoms with Gasteiger partial charge in [0.05, 0.1) is 18.2 Å². The van der Waals surface area contributed by atoms with E-state index < -0.39 is 82.4 Å². The summed E-state index contributed by atoms with van der Waals surface area (Å²) in [6, 6.07) is 6.09. The van der Waals surface area contributed by atoms with Gasteiger partial charge >= 0.3 is 12.1 Å². The van der Waals surface area contributed by atoms with Crippen molar-refractivity contribution in [3.63, 3.8) is 0 Å². The van der Waals surface area contributed by atoms with Gasteiger partial charge in [0, 0.05) is 23.6 Å². The number of alkyl halides is 3. The lowest BCUT2D eigenvalue weighted by atomic mass is 9.57. The van der Waals surface area contributed by atoms with Crippen molar-refractivity contribution in [2.45, 2.75) is 44.1 Å². The highest BCUT2D eigenvalue weighted by Crippen LogP contribution is 2.53. The number of aliphatic hydroxyl groups excluding tert-OH is 2. The second-order valence-electron chi connectivity index (χ2n) is 11.9. The highest BCUT2D eigenvalue weighted by molar-refractivity contribution is 6.24. The summed E-state index contributed by atoms with van der Waals surface area (Å²) in [7, 11) is 2.98. The van der Waals surface area contributed by atoms with E-state index in [1.165, 1.54) is 43.3 Å². The molecule has 0 spiro atoms. The molecule has 1 fully saturated rings. The highest BCUT2D eigenvalue weighted by Gasteiger charge is 2.64. The van der Waals surface area contributed by atoms with Crippen LogP contribution in [-0.2, 0) is 32.1 Å². The predicted molar refractivity (Wildman–Crippen MR) is 159 cm³/mol. The van der Waals surface area contributed by atoms with Crippen LogP contribution in [0.15, 0.2) is 47.2 Å². The zero-order chi connectivity index (χ0) is 34.7. The zero-order valence-electron chi connectivity index (χ0n) is 25.4. The number of rotatable bonds is 7. The number of halogens is 3. The number of phenols is 1. The van der Waals surface area contributed by atoms with Crippen molar-refractivity contribution >= 4 is 29.1 Å². The third kappa shape index (κ3) is 5.28. The van der Waals surface area contributed by atoms with E-state index in [-0.39, 0.29) is 41.9 Å². The number of fused-ring (bicyclic) bond motifs is 3. The Hall–Kier alpha value is -4.89. The van der Waals surface area contributed by atoms with E-state index in [0.717, 1.165) is 0 Å². The van der Waals surface area contributed by atoms with Crippen LogP contribution >= 0.6 is 0 Å². The first-order chi connectivity index (χ1) is 21.9. The number of carbonyl (C=O) groups excluding carboxylic acids is 4. The lowest BCUT2D eigenvalue weighted by molar-refractivity contribution is -0.173. The number of amides is 2. The molecule has 0 heterocycles. The molecule has 2 amide bonds. The first kappa shape index (κ1) is 33.5. The Morgan fingerprint density at radius 3 is 2.40 bits per heavy atom. The number of nitrogens with one attached hydrogen (secondary N) is 1. The second-order valence-corrected chi connectivity index (χ2v) is 11.9. The Morgan fingerprint density at radius 1 is 1.13 bits per heavy atom. The van der Waals surface area contributed by atoms with Crippen molar-refractivity contribution in [3.05, 3.63) is 63.9 Å². The molecule has 2 aromatic carbocycles. The van der Waals surface area contributed by atoms with Gasteiger partial charge in [-0.25, -0.2) is 0 Å². The monoisotopic (exact) mass is 659 g/mol. The minimum absolute atomic E-state index is 0.00831. The Kier molecular flexibility index (Phi) is 8.35. The molecule has 0 aromatic heterocycles. The maximum absolute atomic E-state index is 14.0. The number of nitrogens with two attached hydrogens (primary N) is 1. The third-order valence-electron chi connectivity index (χ3n) is 8.97. The van der Waals surface area contributed by atoms with Crippen molar-refractivity contribution in [2.75, 3.05) is 20.7 Å². The van der Waals surface area contributed by atoms with E-state index in [2.05, 4.69) is 0 Å². The van der Waals surface area contributed by atoms with Crippen LogP contribution in [0.25, 0.3) is 16.9 Å². The number of ether oxygens (including phenoxy) is 1. The van der Waals surface area contributed by atoms with Gasteiger partial charge in [-0.15, -0.1) is 0 Å². The van der Waals surface area contributed by atoms with Crippen LogP contribution in [0, 0.1) is 11.8 Å². The van der Waals surface area contributed by atoms with E-state index in [1.54, 1.807) is 13.0 Å². The van der Waals surface area contributed by atoms with Gasteiger partial charge in [0.25, 0.3) is 5.91 Å². The molecule has 7 N–H and O–H groups in total. The van der Waals surface area contributed by atoms with E-state index in [1.807, 2.05) is 5.32 Å². The van der Waals surface area contributed by atoms with Crippen molar-refractivity contribution in [3.8, 4) is 22.6 Å². The van der Waals surface area contributed by atoms with Crippen molar-refractivity contribution < 1.29 is 57.5 Å². The summed E-state index contributed by atoms with van der Waals surface area (Å²) < 4.78 is 44.2. The minimum atomic E-state index is -5.10. The quantitative estimate of drug-likeness (QED) is 0.240. The molecule has 3 aliphatic rings. The molecule has 0 aliphatic heterocycles. The van der Waals surface area contributed by atoms with E-state index >= 15 is 0 Å². The number of aromatic hydroxyl groups is 1. The van der Waals surface area contributed by atoms with Crippen LogP contribution in [0.3, 0.4) is 0 Å². The van der Waals surface area contributed by atoms with Gasteiger partial charge < -0.3 is 36.2 Å². The fraction of sp³-hybridized carbons (Fsp3) is 0.375. The molecular formula is C32H32F3N3O9. The molecule has 5 rings (SSSR count). The maximum atomic E-state index is 14.0. The number of likely N-dealkylation sites (N-methyl/N-ethyl adjacent to an activating group) is 1. The number of nitrogens with zero attached hydrogens (tertiary/aromatic N) is 1. The summed E-state index contributed by atoms with van der Waals surface area (Å²) in [6.07, 6.45) is -5.24. The average Bonchev–Trinajstić information content (AvgIpc) is 2.97. The molecule has 12 nitrogen and oxygen atoms in total. The summed E-state index contributed by atoms with van der Waals surface area (Å²) in [5.41, 5.74) is 2.56. The van der Waals surface area contributed by atoms with Gasteiger partial charge in [-0.2, -0.15) is 13.2 Å². The maximum Gasteiger partial charge on any atom is 0.471 e. The summed E-state index contributed by atoms with van der Waals surface area (Å²) in [5.74, 6) is -9.74. The molecule has 0 bridgehead atoms. The van der Waals surface area contributed by atoms with Crippen LogP contribution in [0.1, 0.15) is 30.0 Å². The molecular weight excluding hydrogens is 627 g/mol. The Bertz CT molecular complexity index is 1780. The van der Waals surface area contributed by atoms with Crippen LogP contribution in [0.5, 0.6) is 11.5 Å². The Balaban J connectivity index is 1.64. The van der Waals surface area contributed by atoms with Gasteiger partial charge in [0.1, 0.15) is 28.6 Å². The average molecular weight is 660 g/mol. The number of phenolic OH excluding ortho intramolecular Hbond substituents is 1. The Morgan fingerprint density at radius 2 is 1.81 bits per heavy atom. The summed E-state index contributed by atoms with van der Waals surface area (Å²) in [6.45, 7) is 1.33. The van der Waals surface area contributed by atoms with E-state index in [4.69, 9.17) is 10.5 Å². The molecule has 47 heavy (non-hydrogen) atoms. The molecule has 4 atom stereocenters. The van der Waals surface area contributed by atoms with Gasteiger partial charge in [0.15, 0.2) is 11.4 Å². The number of primary amides is 1. The molecule has 2 aromatic rings. The number of aliphatic hydroxyl groups is 3. The summed E-state index contributed by atoms with van der Waals surface area (Å²) in [4.78, 5) is 52.4. The van der Waals surface area contributed by atoms with Gasteiger partial charge in [-0.1, -0.05) is 12.1 Å². The van der Waals surface area contributed by atoms with Gasteiger partial charge in [-0.05, 0) is 74.7 Å². The number of hydrogen-bond acceptors (Lipinski definition) is 10. The van der Waals surface area contributed by atoms with E-state index in [0.29, 0.717) is 16.7 Å². The van der Waals surface area contributed by atoms with Crippen LogP contribution in [-0.4, -0.2) is 87.2 Å². The number of benzene rings is 2. The summed E-state index contributed by atoms with van der Waals surface area (Å²) in [5, 5.41) is 46.9. The minimum Gasteiger partial charge on any atom is -0.508 e. The standard InChI is InChI=1S/C32H32F3N3O9/c1-4-47-20-8-5-13(9-15(20)12-37-30(45)32(33,34)35)16-6-7-19(39)22-17(16)10-14-11-18-24(38(2)3)26(41)23(29(36)44)28(43)31(18,46)27(42)21(14)25(22)40/h5-9,14,18,24,39-40,43,46H,4,10-12H2,1-3H3,(H2,36,44)(H,37,45). The molecule has 250 valence electrons. The smallest absolute Gasteiger partial charge is 0.471 e. The predicted octanol–water partition coefficient (Wildman–Crippen LogP) is 2.21. The molecule has 3 aliphatic carbocycles. The van der Waals surface area contributed by atoms with Crippen molar-refractivity contribution in [1.29, 1.82) is 0 Å². The van der Waals surface area contributed by atoms with Crippen LogP contribution < -0.4 is 15.8 Å². The zero-order valence-corrected chi connectivity index (χ0v) is 25.4. The molecule has 0 saturated heterocycles. The fourth-order valence-corrected chi connectivity index (χ4v) is 6.97. The number of carbonyl (C=O) groups is 4. The molecule has 15 heteroatoms. The van der Waals surface area contributed by atoms with E-state index in [9.17, 15) is 52.8 Å². The van der Waals surface area contributed by atoms with Crippen molar-refractivity contribution in [1.82, 2.24) is 10.2 Å². The van der Waals surface area contributed by atoms with Crippen molar-refractivity contribution in [2.24, 2.45) is 17.6 Å². The third-order valence-corrected chi connectivity index (χ3v) is 8.97. The lowest BCUT2D eigenvalue weighted by Gasteiger charge is -2.50. The first-order valence-corrected chi connectivity index (χ1v) is 14.6. The SMILES string of the molecule is CCOc1ccc(-c2ccc(O)c3c2CC2CC4C(N(C)C)C(=O)C(C(N)=O)=C(O)C4(O)C(=O)C2=C3O)cc1CNC(=O)C(F)(F)F. The largest absolute Gasteiger partial charge is 0.508 e. The topological polar surface area (TPSA) is 200 Å². The first-order valence-electron chi connectivity index (χ1n) is 14.6. The van der Waals surface area contributed by atoms with Gasteiger partial charge in [-0.3, -0.25) is 24.1 Å². The molecule has 4 unspecified atom stereocenters. The van der Waals surface area contributed by atoms with Crippen LogP contribution in [0.4, 0.5) is 13.2 Å². The fourth-order valence-electron chi connectivity index (χ4n) is 6.97. The number of Topliss-reactive ketones (excluding diaryl/α,β-unsaturated/α-hetero) is 2. The van der Waals surface area contributed by atoms with Crippen LogP contribution in [0.2, 0.25) is 0 Å².